The van der Waals surface area contributed by atoms with Crippen molar-refractivity contribution >= 4 is 21.6 Å². The van der Waals surface area contributed by atoms with Gasteiger partial charge in [-0.15, -0.1) is 11.6 Å². The Morgan fingerprint density at radius 1 is 1.50 bits per heavy atom. The lowest BCUT2D eigenvalue weighted by molar-refractivity contribution is 0.494. The van der Waals surface area contributed by atoms with Crippen LogP contribution < -0.4 is 4.72 Å². The van der Waals surface area contributed by atoms with Crippen LogP contribution in [0.3, 0.4) is 0 Å². The van der Waals surface area contributed by atoms with Gasteiger partial charge in [0.25, 0.3) is 10.0 Å². The number of alkyl halides is 1. The number of sulfonamides is 1. The lowest BCUT2D eigenvalue weighted by Crippen LogP contribution is -2.44. The summed E-state index contributed by atoms with van der Waals surface area (Å²) in [5, 5.41) is 0.0478. The number of hydrogen-bond acceptors (Lipinski definition) is 3. The Bertz CT molecular complexity index is 508. The second kappa shape index (κ2) is 5.59. The van der Waals surface area contributed by atoms with Gasteiger partial charge in [0.1, 0.15) is 5.82 Å². The largest absolute Gasteiger partial charge is 0.334 e. The van der Waals surface area contributed by atoms with E-state index < -0.39 is 15.6 Å². The summed E-state index contributed by atoms with van der Waals surface area (Å²) in [4.78, 5) is 4.09. The van der Waals surface area contributed by atoms with Gasteiger partial charge >= 0.3 is 0 Å². The van der Waals surface area contributed by atoms with Gasteiger partial charge in [-0.3, -0.25) is 0 Å². The van der Waals surface area contributed by atoms with Gasteiger partial charge in [0.15, 0.2) is 5.03 Å². The third-order valence-corrected chi connectivity index (χ3v) is 4.68. The first kappa shape index (κ1) is 15.5. The van der Waals surface area contributed by atoms with E-state index >= 15 is 0 Å². The molecule has 0 unspecified atom stereocenters. The van der Waals surface area contributed by atoms with E-state index in [4.69, 9.17) is 11.6 Å². The van der Waals surface area contributed by atoms with Crippen LogP contribution in [0.25, 0.3) is 0 Å². The summed E-state index contributed by atoms with van der Waals surface area (Å²) in [5.41, 5.74) is -0.692. The van der Waals surface area contributed by atoms with Crippen molar-refractivity contribution < 1.29 is 8.42 Å². The summed E-state index contributed by atoms with van der Waals surface area (Å²) >= 11 is 5.72. The van der Waals surface area contributed by atoms with Gasteiger partial charge in [0.05, 0.1) is 0 Å². The molecule has 0 amide bonds. The maximum atomic E-state index is 12.1. The van der Waals surface area contributed by atoms with Crippen molar-refractivity contribution in [2.24, 2.45) is 0 Å². The van der Waals surface area contributed by atoms with E-state index in [1.165, 1.54) is 0 Å². The smallest absolute Gasteiger partial charge is 0.260 e. The molecule has 1 N–H and O–H groups in total. The Morgan fingerprint density at radius 2 is 2.11 bits per heavy atom. The van der Waals surface area contributed by atoms with Gasteiger partial charge in [-0.05, 0) is 27.2 Å². The SMILES string of the molecule is CCCn1cc(S(=O)(=O)NC(C)(C)CCl)nc1C. The highest BCUT2D eigenvalue weighted by atomic mass is 35.5. The molecule has 7 heteroatoms. The zero-order valence-corrected chi connectivity index (χ0v) is 12.8. The number of rotatable bonds is 6. The Labute approximate surface area is 114 Å². The van der Waals surface area contributed by atoms with E-state index in [2.05, 4.69) is 9.71 Å². The first-order valence-electron chi connectivity index (χ1n) is 5.85. The lowest BCUT2D eigenvalue weighted by Gasteiger charge is -2.22. The van der Waals surface area contributed by atoms with Crippen molar-refractivity contribution in [2.75, 3.05) is 5.88 Å². The van der Waals surface area contributed by atoms with Crippen molar-refractivity contribution in [3.05, 3.63) is 12.0 Å². The molecule has 0 bridgehead atoms. The van der Waals surface area contributed by atoms with Crippen LogP contribution in [0, 0.1) is 6.92 Å². The van der Waals surface area contributed by atoms with Crippen LogP contribution in [0.2, 0.25) is 0 Å². The minimum Gasteiger partial charge on any atom is -0.334 e. The molecule has 0 saturated heterocycles. The second-order valence-electron chi connectivity index (χ2n) is 4.94. The summed E-state index contributed by atoms with van der Waals surface area (Å²) < 4.78 is 28.6. The predicted octanol–water partition coefficient (Wildman–Crippen LogP) is 1.90. The number of hydrogen-bond donors (Lipinski definition) is 1. The highest BCUT2D eigenvalue weighted by Gasteiger charge is 2.27. The van der Waals surface area contributed by atoms with Crippen LogP contribution in [0.15, 0.2) is 11.2 Å². The molecule has 1 heterocycles. The number of halogens is 1. The molecule has 1 aromatic heterocycles. The van der Waals surface area contributed by atoms with Gasteiger partial charge in [-0.2, -0.15) is 0 Å². The zero-order chi connectivity index (χ0) is 14.0. The standard InChI is InChI=1S/C11H20ClN3O2S/c1-5-6-15-7-10(13-9(15)2)18(16,17)14-11(3,4)8-12/h7,14H,5-6,8H2,1-4H3. The molecule has 0 aromatic carbocycles. The second-order valence-corrected chi connectivity index (χ2v) is 6.84. The molecule has 0 aliphatic heterocycles. The Kier molecular flexibility index (Phi) is 4.80. The van der Waals surface area contributed by atoms with Crippen molar-refractivity contribution in [2.45, 2.75) is 51.2 Å². The lowest BCUT2D eigenvalue weighted by atomic mass is 10.1. The molecule has 0 spiro atoms. The first-order valence-corrected chi connectivity index (χ1v) is 7.87. The zero-order valence-electron chi connectivity index (χ0n) is 11.2. The molecule has 0 aliphatic rings. The monoisotopic (exact) mass is 293 g/mol. The summed E-state index contributed by atoms with van der Waals surface area (Å²) in [7, 11) is -3.62. The van der Waals surface area contributed by atoms with Gasteiger partial charge in [-0.25, -0.2) is 18.1 Å². The molecule has 1 rings (SSSR count). The van der Waals surface area contributed by atoms with Crippen LogP contribution >= 0.6 is 11.6 Å². The van der Waals surface area contributed by atoms with Crippen molar-refractivity contribution in [1.82, 2.24) is 14.3 Å². The van der Waals surface area contributed by atoms with E-state index in [0.717, 1.165) is 13.0 Å². The highest BCUT2D eigenvalue weighted by Crippen LogP contribution is 2.14. The fraction of sp³-hybridized carbons (Fsp3) is 0.727. The highest BCUT2D eigenvalue weighted by molar-refractivity contribution is 7.89. The number of imidazole rings is 1. The van der Waals surface area contributed by atoms with Gasteiger partial charge in [0, 0.05) is 24.2 Å². The summed E-state index contributed by atoms with van der Waals surface area (Å²) in [5.74, 6) is 0.891. The molecular weight excluding hydrogens is 274 g/mol. The maximum absolute atomic E-state index is 12.1. The van der Waals surface area contributed by atoms with Crippen molar-refractivity contribution in [1.29, 1.82) is 0 Å². The molecule has 104 valence electrons. The average molecular weight is 294 g/mol. The molecule has 0 radical (unpaired) electrons. The van der Waals surface area contributed by atoms with Crippen LogP contribution in [0.5, 0.6) is 0 Å². The van der Waals surface area contributed by atoms with E-state index in [0.29, 0.717) is 5.82 Å². The average Bonchev–Trinajstić information content (AvgIpc) is 2.61. The molecule has 18 heavy (non-hydrogen) atoms. The molecule has 0 atom stereocenters. The fourth-order valence-electron chi connectivity index (χ4n) is 1.52. The predicted molar refractivity (Wildman–Crippen MR) is 72.4 cm³/mol. The third kappa shape index (κ3) is 3.70. The van der Waals surface area contributed by atoms with Crippen LogP contribution in [-0.4, -0.2) is 29.4 Å². The third-order valence-electron chi connectivity index (χ3n) is 2.44. The van der Waals surface area contributed by atoms with Gasteiger partial charge in [-0.1, -0.05) is 6.92 Å². The van der Waals surface area contributed by atoms with Crippen LogP contribution in [0.4, 0.5) is 0 Å². The minimum atomic E-state index is -3.62. The molecule has 0 saturated carbocycles. The van der Waals surface area contributed by atoms with Gasteiger partial charge < -0.3 is 4.57 Å². The van der Waals surface area contributed by atoms with E-state index in [9.17, 15) is 8.42 Å². The molecule has 5 nitrogen and oxygen atoms in total. The Balaban J connectivity index is 3.02. The summed E-state index contributed by atoms with van der Waals surface area (Å²) in [6, 6.07) is 0. The molecular formula is C11H20ClN3O2S. The Morgan fingerprint density at radius 3 is 2.61 bits per heavy atom. The summed E-state index contributed by atoms with van der Waals surface area (Å²) in [6.07, 6.45) is 2.49. The maximum Gasteiger partial charge on any atom is 0.260 e. The molecule has 0 aliphatic carbocycles. The number of nitrogens with one attached hydrogen (secondary N) is 1. The topological polar surface area (TPSA) is 64.0 Å². The van der Waals surface area contributed by atoms with E-state index in [1.54, 1.807) is 27.0 Å². The Hall–Kier alpha value is -0.590. The van der Waals surface area contributed by atoms with E-state index in [-0.39, 0.29) is 10.9 Å². The van der Waals surface area contributed by atoms with E-state index in [1.807, 2.05) is 11.5 Å². The molecule has 1 aromatic rings. The van der Waals surface area contributed by atoms with Crippen LogP contribution in [0.1, 0.15) is 33.0 Å². The normalized spacial score (nSPS) is 12.9. The van der Waals surface area contributed by atoms with Gasteiger partial charge in [0.2, 0.25) is 0 Å². The number of nitrogens with zero attached hydrogens (tertiary/aromatic N) is 2. The first-order chi connectivity index (χ1) is 8.22. The number of aryl methyl sites for hydroxylation is 2. The minimum absolute atomic E-state index is 0.0478. The quantitative estimate of drug-likeness (QED) is 0.815. The number of aromatic nitrogens is 2. The van der Waals surface area contributed by atoms with Crippen molar-refractivity contribution in [3.8, 4) is 0 Å². The fourth-order valence-corrected chi connectivity index (χ4v) is 3.09. The van der Waals surface area contributed by atoms with Crippen molar-refractivity contribution in [3.63, 3.8) is 0 Å². The summed E-state index contributed by atoms with van der Waals surface area (Å²) in [6.45, 7) is 8.04. The van der Waals surface area contributed by atoms with Crippen LogP contribution in [-0.2, 0) is 16.6 Å². The molecule has 0 fully saturated rings.